The number of nitrogens with one attached hydrogen (secondary N) is 1. The molecule has 0 unspecified atom stereocenters. The van der Waals surface area contributed by atoms with Crippen molar-refractivity contribution in [3.8, 4) is 0 Å². The van der Waals surface area contributed by atoms with Gasteiger partial charge in [-0.1, -0.05) is 23.8 Å². The first kappa shape index (κ1) is 21.4. The number of carbonyl (C=O) groups excluding carboxylic acids is 3. The second kappa shape index (κ2) is 7.18. The van der Waals surface area contributed by atoms with Gasteiger partial charge in [0, 0.05) is 5.56 Å². The molecule has 0 radical (unpaired) electrons. The van der Waals surface area contributed by atoms with Crippen LogP contribution in [0.3, 0.4) is 0 Å². The van der Waals surface area contributed by atoms with Gasteiger partial charge >= 0.3 is 6.18 Å². The zero-order valence-corrected chi connectivity index (χ0v) is 18.3. The van der Waals surface area contributed by atoms with Crippen molar-refractivity contribution >= 4 is 40.7 Å². The Morgan fingerprint density at radius 2 is 1.53 bits per heavy atom. The van der Waals surface area contributed by atoms with Crippen LogP contribution in [0.2, 0.25) is 5.02 Å². The minimum absolute atomic E-state index is 0.0323. The van der Waals surface area contributed by atoms with E-state index in [0.717, 1.165) is 24.6 Å². The number of imide groups is 1. The predicted molar refractivity (Wildman–Crippen MR) is 118 cm³/mol. The van der Waals surface area contributed by atoms with Gasteiger partial charge < -0.3 is 5.32 Å². The van der Waals surface area contributed by atoms with Gasteiger partial charge in [0.2, 0.25) is 11.8 Å². The molecule has 1 N–H and O–H groups in total. The standard InChI is InChI=1S/C25H18ClF3N2O3/c26-18-8-3-12(25(27,28)29)9-19(18)30-22(32)11-1-4-13(5-2-11)31-23(33)20-14-6-7-15(17-10-16(14)17)21(20)24(31)34/h1-9,14-17,20-21H,10H2,(H,30,32)/t14-,15+,16-,17-,20+,21-/m1/s1. The number of carbonyl (C=O) groups is 3. The van der Waals surface area contributed by atoms with Crippen LogP contribution in [0.15, 0.2) is 54.6 Å². The van der Waals surface area contributed by atoms with Crippen molar-refractivity contribution in [2.75, 3.05) is 10.2 Å². The maximum absolute atomic E-state index is 13.2. The molecule has 3 amide bonds. The van der Waals surface area contributed by atoms with E-state index in [4.69, 9.17) is 11.6 Å². The maximum Gasteiger partial charge on any atom is 0.416 e. The average molecular weight is 487 g/mol. The number of halogens is 4. The van der Waals surface area contributed by atoms with Crippen LogP contribution in [0.5, 0.6) is 0 Å². The third kappa shape index (κ3) is 3.11. The summed E-state index contributed by atoms with van der Waals surface area (Å²) in [7, 11) is 0. The molecule has 7 rings (SSSR count). The SMILES string of the molecule is O=C(Nc1cc(C(F)(F)F)ccc1Cl)c1ccc(N2C(=O)[C@@H]3[C@H]4C=C[C@H]([C@H]5C[C@H]45)[C@@H]3C2=O)cc1. The first-order valence-corrected chi connectivity index (χ1v) is 11.4. The quantitative estimate of drug-likeness (QED) is 0.481. The first-order valence-electron chi connectivity index (χ1n) is 11.0. The summed E-state index contributed by atoms with van der Waals surface area (Å²) in [5.41, 5.74) is -0.569. The lowest BCUT2D eigenvalue weighted by Crippen LogP contribution is -2.40. The molecule has 174 valence electrons. The van der Waals surface area contributed by atoms with Crippen LogP contribution in [0.25, 0.3) is 0 Å². The van der Waals surface area contributed by atoms with E-state index in [1.54, 1.807) is 0 Å². The average Bonchev–Trinajstić information content (AvgIpc) is 3.58. The summed E-state index contributed by atoms with van der Waals surface area (Å²) in [6.45, 7) is 0. The van der Waals surface area contributed by atoms with E-state index in [9.17, 15) is 27.6 Å². The number of anilines is 2. The summed E-state index contributed by atoms with van der Waals surface area (Å²) in [4.78, 5) is 40.2. The minimum atomic E-state index is -4.58. The largest absolute Gasteiger partial charge is 0.416 e. The van der Waals surface area contributed by atoms with Gasteiger partial charge in [-0.05, 0) is 72.6 Å². The van der Waals surface area contributed by atoms with Crippen LogP contribution in [0.1, 0.15) is 22.3 Å². The molecule has 0 aromatic heterocycles. The van der Waals surface area contributed by atoms with E-state index < -0.39 is 17.6 Å². The molecule has 34 heavy (non-hydrogen) atoms. The normalized spacial score (nSPS) is 30.9. The number of hydrogen-bond donors (Lipinski definition) is 1. The van der Waals surface area contributed by atoms with E-state index >= 15 is 0 Å². The number of rotatable bonds is 3. The van der Waals surface area contributed by atoms with E-state index in [1.807, 2.05) is 0 Å². The molecule has 3 fully saturated rings. The lowest BCUT2D eigenvalue weighted by atomic mass is 9.63. The lowest BCUT2D eigenvalue weighted by molar-refractivity contribution is -0.137. The van der Waals surface area contributed by atoms with Crippen LogP contribution in [-0.2, 0) is 15.8 Å². The summed E-state index contributed by atoms with van der Waals surface area (Å²) in [6.07, 6.45) is 0.699. The second-order valence-electron chi connectivity index (χ2n) is 9.36. The highest BCUT2D eigenvalue weighted by atomic mass is 35.5. The first-order chi connectivity index (χ1) is 16.1. The van der Waals surface area contributed by atoms with Crippen LogP contribution >= 0.6 is 11.6 Å². The second-order valence-corrected chi connectivity index (χ2v) is 9.77. The van der Waals surface area contributed by atoms with Gasteiger partial charge in [-0.25, -0.2) is 0 Å². The fourth-order valence-corrected chi connectivity index (χ4v) is 6.13. The number of nitrogens with zero attached hydrogens (tertiary/aromatic N) is 1. The van der Waals surface area contributed by atoms with Gasteiger partial charge in [-0.3, -0.25) is 19.3 Å². The van der Waals surface area contributed by atoms with Crippen LogP contribution in [0, 0.1) is 35.5 Å². The van der Waals surface area contributed by atoms with Crippen molar-refractivity contribution in [1.82, 2.24) is 0 Å². The molecular formula is C25H18ClF3N2O3. The van der Waals surface area contributed by atoms with Crippen molar-refractivity contribution in [1.29, 1.82) is 0 Å². The number of benzene rings is 2. The van der Waals surface area contributed by atoms with Gasteiger partial charge in [0.25, 0.3) is 5.91 Å². The van der Waals surface area contributed by atoms with Crippen molar-refractivity contribution in [2.45, 2.75) is 12.6 Å². The molecule has 2 bridgehead atoms. The molecule has 1 aliphatic heterocycles. The molecule has 1 heterocycles. The van der Waals surface area contributed by atoms with E-state index in [-0.39, 0.29) is 51.8 Å². The molecular weight excluding hydrogens is 469 g/mol. The number of hydrogen-bond acceptors (Lipinski definition) is 3. The van der Waals surface area contributed by atoms with Crippen molar-refractivity contribution in [3.05, 3.63) is 70.8 Å². The van der Waals surface area contributed by atoms with Crippen LogP contribution in [0.4, 0.5) is 24.5 Å². The van der Waals surface area contributed by atoms with Gasteiger partial charge in [-0.2, -0.15) is 13.2 Å². The maximum atomic E-state index is 13.2. The number of amides is 3. The van der Waals surface area contributed by atoms with Crippen molar-refractivity contribution < 1.29 is 27.6 Å². The van der Waals surface area contributed by atoms with Gasteiger partial charge in [-0.15, -0.1) is 0 Å². The third-order valence-corrected chi connectivity index (χ3v) is 7.92. The van der Waals surface area contributed by atoms with Crippen molar-refractivity contribution in [2.24, 2.45) is 35.5 Å². The van der Waals surface area contributed by atoms with Gasteiger partial charge in [0.15, 0.2) is 0 Å². The molecule has 5 nitrogen and oxygen atoms in total. The summed E-state index contributed by atoms with van der Waals surface area (Å²) < 4.78 is 38.9. The Hall–Kier alpha value is -3.13. The van der Waals surface area contributed by atoms with Gasteiger partial charge in [0.05, 0.1) is 33.8 Å². The molecule has 0 spiro atoms. The molecule has 2 saturated carbocycles. The zero-order chi connectivity index (χ0) is 23.9. The Morgan fingerprint density at radius 1 is 0.941 bits per heavy atom. The molecule has 4 aliphatic carbocycles. The van der Waals surface area contributed by atoms with Gasteiger partial charge in [0.1, 0.15) is 0 Å². The summed E-state index contributed by atoms with van der Waals surface area (Å²) in [5, 5.41) is 2.36. The summed E-state index contributed by atoms with van der Waals surface area (Å²) in [5.74, 6) is -0.478. The molecule has 2 aromatic carbocycles. The number of allylic oxidation sites excluding steroid dienone is 2. The zero-order valence-electron chi connectivity index (χ0n) is 17.6. The molecule has 5 aliphatic rings. The molecule has 2 aromatic rings. The predicted octanol–water partition coefficient (Wildman–Crippen LogP) is 5.17. The Kier molecular flexibility index (Phi) is 4.52. The molecule has 9 heteroatoms. The lowest BCUT2D eigenvalue weighted by Gasteiger charge is -2.37. The van der Waals surface area contributed by atoms with Crippen LogP contribution in [-0.4, -0.2) is 17.7 Å². The monoisotopic (exact) mass is 486 g/mol. The Balaban J connectivity index is 1.22. The Morgan fingerprint density at radius 3 is 2.09 bits per heavy atom. The third-order valence-electron chi connectivity index (χ3n) is 7.59. The molecule has 1 saturated heterocycles. The Bertz CT molecular complexity index is 1240. The van der Waals surface area contributed by atoms with Crippen molar-refractivity contribution in [3.63, 3.8) is 0 Å². The fraction of sp³-hybridized carbons (Fsp3) is 0.320. The number of alkyl halides is 3. The van der Waals surface area contributed by atoms with Crippen LogP contribution < -0.4 is 10.2 Å². The fourth-order valence-electron chi connectivity index (χ4n) is 5.97. The molecule has 6 atom stereocenters. The van der Waals surface area contributed by atoms with E-state index in [0.29, 0.717) is 17.5 Å². The highest BCUT2D eigenvalue weighted by Crippen LogP contribution is 2.65. The Labute approximate surface area is 197 Å². The highest BCUT2D eigenvalue weighted by molar-refractivity contribution is 6.34. The van der Waals surface area contributed by atoms with E-state index in [1.165, 1.54) is 29.2 Å². The smallest absolute Gasteiger partial charge is 0.321 e. The highest BCUT2D eigenvalue weighted by Gasteiger charge is 2.67. The minimum Gasteiger partial charge on any atom is -0.321 e. The summed E-state index contributed by atoms with van der Waals surface area (Å²) >= 11 is 5.95. The summed E-state index contributed by atoms with van der Waals surface area (Å²) in [6, 6.07) is 8.54. The van der Waals surface area contributed by atoms with E-state index in [2.05, 4.69) is 17.5 Å². The topological polar surface area (TPSA) is 66.5 Å².